The van der Waals surface area contributed by atoms with Crippen LogP contribution in [0.25, 0.3) is 0 Å². The molecule has 1 aromatic carbocycles. The zero-order chi connectivity index (χ0) is 18.0. The van der Waals surface area contributed by atoms with Crippen molar-refractivity contribution >= 4 is 33.0 Å². The molecule has 0 spiro atoms. The van der Waals surface area contributed by atoms with Gasteiger partial charge in [0.05, 0.1) is 4.90 Å². The van der Waals surface area contributed by atoms with Gasteiger partial charge in [0.15, 0.2) is 5.11 Å². The van der Waals surface area contributed by atoms with Crippen molar-refractivity contribution in [2.45, 2.75) is 49.5 Å². The monoisotopic (exact) mass is 381 g/mol. The minimum atomic E-state index is -3.44. The molecule has 1 N–H and O–H groups in total. The van der Waals surface area contributed by atoms with Gasteiger partial charge in [-0.1, -0.05) is 18.9 Å². The molecule has 1 heterocycles. The van der Waals surface area contributed by atoms with Crippen molar-refractivity contribution in [3.63, 3.8) is 0 Å². The summed E-state index contributed by atoms with van der Waals surface area (Å²) in [5.41, 5.74) is 0.728. The van der Waals surface area contributed by atoms with Crippen LogP contribution in [0.2, 0.25) is 0 Å². The lowest BCUT2D eigenvalue weighted by atomic mass is 9.78. The minimum Gasteiger partial charge on any atom is -0.346 e. The van der Waals surface area contributed by atoms with Gasteiger partial charge in [-0.3, -0.25) is 0 Å². The number of benzene rings is 1. The first-order valence-electron chi connectivity index (χ1n) is 9.00. The summed E-state index contributed by atoms with van der Waals surface area (Å²) in [4.78, 5) is 2.61. The maximum absolute atomic E-state index is 12.3. The van der Waals surface area contributed by atoms with Crippen LogP contribution in [-0.2, 0) is 10.0 Å². The fraction of sp³-hybridized carbons (Fsp3) is 0.611. The number of rotatable bonds is 3. The van der Waals surface area contributed by atoms with Crippen molar-refractivity contribution < 1.29 is 8.42 Å². The number of likely N-dealkylation sites (tertiary alicyclic amines) is 1. The predicted molar refractivity (Wildman–Crippen MR) is 105 cm³/mol. The van der Waals surface area contributed by atoms with Crippen LogP contribution in [0.15, 0.2) is 29.2 Å². The molecular formula is C18H27N3O2S2. The lowest BCUT2D eigenvalue weighted by Gasteiger charge is -2.45. The Balaban J connectivity index is 1.75. The minimum absolute atomic E-state index is 0.277. The average Bonchev–Trinajstić information content (AvgIpc) is 2.61. The van der Waals surface area contributed by atoms with Gasteiger partial charge in [-0.25, -0.2) is 12.7 Å². The molecule has 0 radical (unpaired) electrons. The van der Waals surface area contributed by atoms with Gasteiger partial charge in [-0.05, 0) is 62.0 Å². The summed E-state index contributed by atoms with van der Waals surface area (Å²) < 4.78 is 25.9. The number of piperidine rings is 1. The highest BCUT2D eigenvalue weighted by atomic mass is 32.2. The van der Waals surface area contributed by atoms with Gasteiger partial charge in [-0.2, -0.15) is 0 Å². The van der Waals surface area contributed by atoms with Crippen LogP contribution in [0.5, 0.6) is 0 Å². The molecule has 0 aromatic heterocycles. The molecule has 0 unspecified atom stereocenters. The van der Waals surface area contributed by atoms with Gasteiger partial charge in [-0.15, -0.1) is 0 Å². The van der Waals surface area contributed by atoms with E-state index >= 15 is 0 Å². The third kappa shape index (κ3) is 3.99. The number of nitrogens with zero attached hydrogens (tertiary/aromatic N) is 2. The number of nitrogens with one attached hydrogen (secondary N) is 1. The number of hydrogen-bond acceptors (Lipinski definition) is 3. The third-order valence-corrected chi connectivity index (χ3v) is 7.52. The first-order chi connectivity index (χ1) is 11.9. The molecule has 5 nitrogen and oxygen atoms in total. The highest BCUT2D eigenvalue weighted by molar-refractivity contribution is 7.89. The summed E-state index contributed by atoms with van der Waals surface area (Å²) >= 11 is 5.67. The summed E-state index contributed by atoms with van der Waals surface area (Å²) in [5, 5.41) is 3.99. The van der Waals surface area contributed by atoms with E-state index < -0.39 is 10.0 Å². The second-order valence-electron chi connectivity index (χ2n) is 7.19. The second kappa shape index (κ2) is 7.60. The molecule has 2 atom stereocenters. The van der Waals surface area contributed by atoms with Crippen LogP contribution in [0.1, 0.15) is 38.5 Å². The number of fused-ring (bicyclic) bond motifs is 1. The quantitative estimate of drug-likeness (QED) is 0.814. The van der Waals surface area contributed by atoms with Gasteiger partial charge >= 0.3 is 0 Å². The summed E-state index contributed by atoms with van der Waals surface area (Å²) in [5.74, 6) is 0.753. The third-order valence-electron chi connectivity index (χ3n) is 5.37. The maximum atomic E-state index is 12.3. The fourth-order valence-electron chi connectivity index (χ4n) is 4.02. The van der Waals surface area contributed by atoms with Crippen LogP contribution >= 0.6 is 12.2 Å². The van der Waals surface area contributed by atoms with Crippen molar-refractivity contribution in [2.75, 3.05) is 26.0 Å². The number of anilines is 1. The summed E-state index contributed by atoms with van der Waals surface area (Å²) in [6, 6.07) is 7.42. The Labute approximate surface area is 156 Å². The van der Waals surface area contributed by atoms with Gasteiger partial charge in [0.2, 0.25) is 10.0 Å². The van der Waals surface area contributed by atoms with Crippen LogP contribution in [-0.4, -0.2) is 49.4 Å². The Hall–Kier alpha value is -1.18. The molecule has 1 aromatic rings. The van der Waals surface area contributed by atoms with E-state index in [9.17, 15) is 8.42 Å². The highest BCUT2D eigenvalue weighted by Crippen LogP contribution is 2.35. The molecule has 1 aliphatic heterocycles. The standard InChI is InChI=1S/C18H27N3O2S2/c1-20(2)25(22,23)16-10-5-9-15(13-16)19-18(24)21-12-6-8-14-7-3-4-11-17(14)21/h5,9-10,13-14,17H,3-4,6-8,11-12H2,1-2H3,(H,19,24)/t14-,17+/m1/s1. The van der Waals surface area contributed by atoms with E-state index in [1.165, 1.54) is 56.9 Å². The van der Waals surface area contributed by atoms with E-state index in [-0.39, 0.29) is 4.90 Å². The lowest BCUT2D eigenvalue weighted by Crippen LogP contribution is -2.51. The predicted octanol–water partition coefficient (Wildman–Crippen LogP) is 3.29. The molecule has 2 aliphatic rings. The van der Waals surface area contributed by atoms with E-state index in [0.717, 1.165) is 23.3 Å². The molecule has 1 saturated heterocycles. The molecule has 25 heavy (non-hydrogen) atoms. The topological polar surface area (TPSA) is 52.7 Å². The number of thiocarbonyl (C=S) groups is 1. The second-order valence-corrected chi connectivity index (χ2v) is 9.73. The molecule has 1 aliphatic carbocycles. The van der Waals surface area contributed by atoms with Gasteiger partial charge in [0, 0.05) is 32.4 Å². The Morgan fingerprint density at radius 2 is 1.92 bits per heavy atom. The van der Waals surface area contributed by atoms with Crippen molar-refractivity contribution in [3.05, 3.63) is 24.3 Å². The molecule has 2 fully saturated rings. The zero-order valence-electron chi connectivity index (χ0n) is 14.9. The Kier molecular flexibility index (Phi) is 5.65. The largest absolute Gasteiger partial charge is 0.346 e. The normalized spacial score (nSPS) is 24.0. The van der Waals surface area contributed by atoms with Crippen molar-refractivity contribution in [1.82, 2.24) is 9.21 Å². The van der Waals surface area contributed by atoms with Gasteiger partial charge < -0.3 is 10.2 Å². The number of sulfonamides is 1. The van der Waals surface area contributed by atoms with Crippen molar-refractivity contribution in [1.29, 1.82) is 0 Å². The Morgan fingerprint density at radius 1 is 1.20 bits per heavy atom. The maximum Gasteiger partial charge on any atom is 0.242 e. The van der Waals surface area contributed by atoms with Crippen molar-refractivity contribution in [2.24, 2.45) is 5.92 Å². The van der Waals surface area contributed by atoms with Crippen molar-refractivity contribution in [3.8, 4) is 0 Å². The van der Waals surface area contributed by atoms with Crippen LogP contribution < -0.4 is 5.32 Å². The average molecular weight is 382 g/mol. The summed E-state index contributed by atoms with van der Waals surface area (Å²) in [6.07, 6.45) is 7.61. The summed E-state index contributed by atoms with van der Waals surface area (Å²) in [6.45, 7) is 0.989. The van der Waals surface area contributed by atoms with Gasteiger partial charge in [0.1, 0.15) is 0 Å². The molecule has 7 heteroatoms. The fourth-order valence-corrected chi connectivity index (χ4v) is 5.31. The Morgan fingerprint density at radius 3 is 2.68 bits per heavy atom. The highest BCUT2D eigenvalue weighted by Gasteiger charge is 2.34. The molecule has 3 rings (SSSR count). The molecule has 138 valence electrons. The molecule has 0 bridgehead atoms. The molecular weight excluding hydrogens is 354 g/mol. The number of hydrogen-bond donors (Lipinski definition) is 1. The zero-order valence-corrected chi connectivity index (χ0v) is 16.6. The first kappa shape index (κ1) is 18.6. The smallest absolute Gasteiger partial charge is 0.242 e. The van der Waals surface area contributed by atoms with Gasteiger partial charge in [0.25, 0.3) is 0 Å². The lowest BCUT2D eigenvalue weighted by molar-refractivity contribution is 0.121. The SMILES string of the molecule is CN(C)S(=O)(=O)c1cccc(NC(=S)N2CCC[C@H]3CCCC[C@@H]32)c1. The Bertz CT molecular complexity index is 732. The molecule has 1 saturated carbocycles. The van der Waals surface area contributed by atoms with Crippen LogP contribution in [0, 0.1) is 5.92 Å². The first-order valence-corrected chi connectivity index (χ1v) is 10.8. The molecule has 0 amide bonds. The van der Waals surface area contributed by atoms with E-state index in [0.29, 0.717) is 6.04 Å². The van der Waals surface area contributed by atoms with E-state index in [2.05, 4.69) is 10.2 Å². The van der Waals surface area contributed by atoms with E-state index in [1.54, 1.807) is 18.2 Å². The van der Waals surface area contributed by atoms with E-state index in [4.69, 9.17) is 12.2 Å². The van der Waals surface area contributed by atoms with Crippen LogP contribution in [0.4, 0.5) is 5.69 Å². The van der Waals surface area contributed by atoms with E-state index in [1.807, 2.05) is 6.07 Å². The van der Waals surface area contributed by atoms with Crippen LogP contribution in [0.3, 0.4) is 0 Å². The summed E-state index contributed by atoms with van der Waals surface area (Å²) in [7, 11) is -0.365.